The molecule has 0 aliphatic rings. The first-order chi connectivity index (χ1) is 10.0. The van der Waals surface area contributed by atoms with E-state index in [1.165, 1.54) is 34.9 Å². The van der Waals surface area contributed by atoms with Gasteiger partial charge >= 0.3 is 0 Å². The summed E-state index contributed by atoms with van der Waals surface area (Å²) in [5, 5.41) is 13.6. The smallest absolute Gasteiger partial charge is 0.230 e. The minimum Gasteiger partial charge on any atom is -0.355 e. The van der Waals surface area contributed by atoms with E-state index < -0.39 is 0 Å². The Kier molecular flexibility index (Phi) is 8.70. The summed E-state index contributed by atoms with van der Waals surface area (Å²) >= 11 is 4.13. The molecule has 1 heterocycles. The van der Waals surface area contributed by atoms with Crippen molar-refractivity contribution in [2.45, 2.75) is 41.9 Å². The Morgan fingerprint density at radius 3 is 2.24 bits per heavy atom. The molecule has 0 spiro atoms. The van der Waals surface area contributed by atoms with Crippen molar-refractivity contribution in [1.29, 1.82) is 0 Å². The first-order valence-corrected chi connectivity index (χ1v) is 9.45. The maximum atomic E-state index is 11.5. The summed E-state index contributed by atoms with van der Waals surface area (Å²) in [5.74, 6) is 0.655. The van der Waals surface area contributed by atoms with Crippen LogP contribution in [0.15, 0.2) is 8.68 Å². The number of hydrogen-bond acceptors (Lipinski definition) is 7. The number of carbonyl (C=O) groups is 2. The first-order valence-electron chi connectivity index (χ1n) is 6.66. The van der Waals surface area contributed by atoms with Crippen LogP contribution < -0.4 is 10.6 Å². The number of amides is 2. The van der Waals surface area contributed by atoms with Crippen molar-refractivity contribution >= 4 is 46.7 Å². The zero-order valence-corrected chi connectivity index (χ0v) is 14.8. The number of carbonyl (C=O) groups excluding carboxylic acids is 2. The van der Waals surface area contributed by atoms with Gasteiger partial charge < -0.3 is 10.6 Å². The van der Waals surface area contributed by atoms with Crippen molar-refractivity contribution in [3.8, 4) is 0 Å². The highest BCUT2D eigenvalue weighted by atomic mass is 32.2. The summed E-state index contributed by atoms with van der Waals surface area (Å²) in [6.45, 7) is 6.55. The summed E-state index contributed by atoms with van der Waals surface area (Å²) < 4.78 is 1.48. The summed E-state index contributed by atoms with van der Waals surface area (Å²) in [6, 6.07) is 0.139. The van der Waals surface area contributed by atoms with Crippen molar-refractivity contribution in [1.82, 2.24) is 20.8 Å². The number of aromatic nitrogens is 2. The normalized spacial score (nSPS) is 10.7. The highest BCUT2D eigenvalue weighted by Crippen LogP contribution is 2.28. The van der Waals surface area contributed by atoms with E-state index in [4.69, 9.17) is 0 Å². The molecule has 0 saturated carbocycles. The van der Waals surface area contributed by atoms with Crippen LogP contribution in [-0.2, 0) is 9.59 Å². The van der Waals surface area contributed by atoms with Crippen molar-refractivity contribution in [2.75, 3.05) is 18.1 Å². The van der Waals surface area contributed by atoms with Crippen molar-refractivity contribution in [3.63, 3.8) is 0 Å². The molecule has 0 aliphatic carbocycles. The van der Waals surface area contributed by atoms with Crippen LogP contribution in [0.2, 0.25) is 0 Å². The molecule has 6 nitrogen and oxygen atoms in total. The van der Waals surface area contributed by atoms with Crippen LogP contribution in [0.25, 0.3) is 0 Å². The lowest BCUT2D eigenvalue weighted by atomic mass is 10.4. The second-order valence-electron chi connectivity index (χ2n) is 4.48. The van der Waals surface area contributed by atoms with E-state index >= 15 is 0 Å². The summed E-state index contributed by atoms with van der Waals surface area (Å²) in [4.78, 5) is 23.0. The zero-order chi connectivity index (χ0) is 15.7. The monoisotopic (exact) mass is 348 g/mol. The number of hydrogen-bond donors (Lipinski definition) is 2. The summed E-state index contributed by atoms with van der Waals surface area (Å²) in [6.07, 6.45) is 0.925. The second kappa shape index (κ2) is 10.0. The van der Waals surface area contributed by atoms with Gasteiger partial charge in [0.1, 0.15) is 0 Å². The van der Waals surface area contributed by atoms with Gasteiger partial charge in [-0.1, -0.05) is 41.8 Å². The van der Waals surface area contributed by atoms with Crippen molar-refractivity contribution in [2.24, 2.45) is 0 Å². The highest BCUT2D eigenvalue weighted by molar-refractivity contribution is 8.03. The Bertz CT molecular complexity index is 465. The summed E-state index contributed by atoms with van der Waals surface area (Å²) in [7, 11) is 0. The van der Waals surface area contributed by atoms with E-state index in [9.17, 15) is 9.59 Å². The molecule has 2 N–H and O–H groups in total. The average Bonchev–Trinajstić information content (AvgIpc) is 2.88. The van der Waals surface area contributed by atoms with Gasteiger partial charge in [0.2, 0.25) is 11.8 Å². The van der Waals surface area contributed by atoms with E-state index in [2.05, 4.69) is 20.8 Å². The lowest BCUT2D eigenvalue weighted by molar-refractivity contribution is -0.119. The Hall–Kier alpha value is -0.800. The number of thioether (sulfide) groups is 2. The highest BCUT2D eigenvalue weighted by Gasteiger charge is 2.10. The molecule has 1 rings (SSSR count). The van der Waals surface area contributed by atoms with Gasteiger partial charge in [-0.3, -0.25) is 9.59 Å². The Labute approximate surface area is 137 Å². The quantitative estimate of drug-likeness (QED) is 0.662. The molecule has 118 valence electrons. The van der Waals surface area contributed by atoms with E-state index in [1.54, 1.807) is 0 Å². The van der Waals surface area contributed by atoms with Gasteiger partial charge in [0.25, 0.3) is 0 Å². The van der Waals surface area contributed by atoms with Crippen molar-refractivity contribution in [3.05, 3.63) is 0 Å². The fraction of sp³-hybridized carbons (Fsp3) is 0.667. The summed E-state index contributed by atoms with van der Waals surface area (Å²) in [5.41, 5.74) is 0. The number of rotatable bonds is 9. The topological polar surface area (TPSA) is 84.0 Å². The molecular weight excluding hydrogens is 328 g/mol. The average molecular weight is 349 g/mol. The lowest BCUT2D eigenvalue weighted by Gasteiger charge is -2.06. The zero-order valence-electron chi connectivity index (χ0n) is 12.3. The fourth-order valence-corrected chi connectivity index (χ4v) is 3.91. The Morgan fingerprint density at radius 1 is 1.14 bits per heavy atom. The van der Waals surface area contributed by atoms with Gasteiger partial charge in [-0.2, -0.15) is 0 Å². The Morgan fingerprint density at radius 2 is 1.71 bits per heavy atom. The van der Waals surface area contributed by atoms with Crippen molar-refractivity contribution < 1.29 is 9.59 Å². The van der Waals surface area contributed by atoms with E-state index in [0.717, 1.165) is 15.1 Å². The van der Waals surface area contributed by atoms with Gasteiger partial charge in [0, 0.05) is 12.6 Å². The molecule has 1 aromatic heterocycles. The molecule has 0 fully saturated rings. The molecule has 2 amide bonds. The largest absolute Gasteiger partial charge is 0.355 e. The van der Waals surface area contributed by atoms with Gasteiger partial charge in [0.15, 0.2) is 8.68 Å². The van der Waals surface area contributed by atoms with Crippen LogP contribution in [0, 0.1) is 0 Å². The SMILES string of the molecule is CCCNC(=O)CSc1nnc(SCC(=O)NC(C)C)s1. The molecule has 0 atom stereocenters. The van der Waals surface area contributed by atoms with Gasteiger partial charge in [0.05, 0.1) is 11.5 Å². The Balaban J connectivity index is 2.29. The maximum absolute atomic E-state index is 11.5. The van der Waals surface area contributed by atoms with Crippen LogP contribution >= 0.6 is 34.9 Å². The molecule has 0 aromatic carbocycles. The van der Waals surface area contributed by atoms with Crippen LogP contribution in [-0.4, -0.2) is 46.1 Å². The van der Waals surface area contributed by atoms with E-state index in [0.29, 0.717) is 18.1 Å². The molecule has 0 bridgehead atoms. The third-order valence-electron chi connectivity index (χ3n) is 2.06. The standard InChI is InChI=1S/C12H20N4O2S3/c1-4-5-13-9(17)6-19-11-15-16-12(21-11)20-7-10(18)14-8(2)3/h8H,4-7H2,1-3H3,(H,13,17)(H,14,18). The van der Waals surface area contributed by atoms with E-state index in [-0.39, 0.29) is 17.9 Å². The lowest BCUT2D eigenvalue weighted by Crippen LogP contribution is -2.31. The fourth-order valence-electron chi connectivity index (χ4n) is 1.25. The number of nitrogens with one attached hydrogen (secondary N) is 2. The van der Waals surface area contributed by atoms with Crippen LogP contribution in [0.1, 0.15) is 27.2 Å². The molecule has 0 saturated heterocycles. The van der Waals surface area contributed by atoms with Crippen LogP contribution in [0.5, 0.6) is 0 Å². The maximum Gasteiger partial charge on any atom is 0.230 e. The molecule has 0 radical (unpaired) electrons. The van der Waals surface area contributed by atoms with Crippen LogP contribution in [0.3, 0.4) is 0 Å². The minimum absolute atomic E-state index is 0.00237. The van der Waals surface area contributed by atoms with Gasteiger partial charge in [-0.25, -0.2) is 0 Å². The molecule has 0 aliphatic heterocycles. The molecule has 0 unspecified atom stereocenters. The predicted molar refractivity (Wildman–Crippen MR) is 87.9 cm³/mol. The molecule has 21 heavy (non-hydrogen) atoms. The first kappa shape index (κ1) is 18.2. The molecule has 1 aromatic rings. The molecular formula is C12H20N4O2S3. The van der Waals surface area contributed by atoms with Gasteiger partial charge in [-0.15, -0.1) is 10.2 Å². The van der Waals surface area contributed by atoms with Crippen LogP contribution in [0.4, 0.5) is 0 Å². The number of nitrogens with zero attached hydrogens (tertiary/aromatic N) is 2. The molecule has 9 heteroatoms. The predicted octanol–water partition coefficient (Wildman–Crippen LogP) is 1.77. The van der Waals surface area contributed by atoms with E-state index in [1.807, 2.05) is 20.8 Å². The second-order valence-corrected chi connectivity index (χ2v) is 7.91. The third-order valence-corrected chi connectivity index (χ3v) is 5.25. The third kappa shape index (κ3) is 8.27. The van der Waals surface area contributed by atoms with Gasteiger partial charge in [-0.05, 0) is 20.3 Å². The minimum atomic E-state index is -0.0154.